The highest BCUT2D eigenvalue weighted by molar-refractivity contribution is 5.84. The van der Waals surface area contributed by atoms with Crippen molar-refractivity contribution in [2.75, 3.05) is 7.11 Å². The number of phenolic OH excluding ortho intramolecular Hbond substituents is 1. The van der Waals surface area contributed by atoms with Gasteiger partial charge in [0.1, 0.15) is 0 Å². The number of methoxy groups -OCH3 is 1. The van der Waals surface area contributed by atoms with Crippen LogP contribution >= 0.6 is 0 Å². The summed E-state index contributed by atoms with van der Waals surface area (Å²) in [7, 11) is 1.49. The Balaban J connectivity index is 2.21. The smallest absolute Gasteiger partial charge is 0.182 e. The highest BCUT2D eigenvalue weighted by Crippen LogP contribution is 2.32. The summed E-state index contributed by atoms with van der Waals surface area (Å²) in [4.78, 5) is 4.49. The monoisotopic (exact) mass is 285 g/mol. The quantitative estimate of drug-likeness (QED) is 0.685. The fraction of sp³-hybridized carbons (Fsp3) is 0.200. The summed E-state index contributed by atoms with van der Waals surface area (Å²) >= 11 is 0. The molecule has 0 aliphatic heterocycles. The number of H-pyrrole nitrogens is 1. The third kappa shape index (κ3) is 2.19. The van der Waals surface area contributed by atoms with E-state index in [9.17, 15) is 10.2 Å². The first-order chi connectivity index (χ1) is 10.1. The third-order valence-electron chi connectivity index (χ3n) is 3.43. The molecule has 6 heteroatoms. The van der Waals surface area contributed by atoms with Crippen LogP contribution in [0.25, 0.3) is 22.3 Å². The zero-order chi connectivity index (χ0) is 15.0. The number of fused-ring (bicyclic) bond motifs is 1. The van der Waals surface area contributed by atoms with Gasteiger partial charge in [-0.05, 0) is 36.8 Å². The third-order valence-corrected chi connectivity index (χ3v) is 3.43. The van der Waals surface area contributed by atoms with Gasteiger partial charge in [-0.25, -0.2) is 4.98 Å². The molecule has 0 radical (unpaired) electrons. The molecule has 0 spiro atoms. The maximum atomic E-state index is 9.65. The van der Waals surface area contributed by atoms with Gasteiger partial charge in [0.2, 0.25) is 0 Å². The lowest BCUT2D eigenvalue weighted by molar-refractivity contribution is 0.283. The molecule has 0 aliphatic carbocycles. The minimum Gasteiger partial charge on any atom is -0.504 e. The van der Waals surface area contributed by atoms with Gasteiger partial charge in [0.25, 0.3) is 0 Å². The van der Waals surface area contributed by atoms with Crippen molar-refractivity contribution >= 4 is 11.0 Å². The summed E-state index contributed by atoms with van der Waals surface area (Å²) in [5, 5.41) is 27.1. The number of phenols is 1. The first-order valence-corrected chi connectivity index (χ1v) is 6.47. The number of aromatic amines is 1. The zero-order valence-electron chi connectivity index (χ0n) is 11.7. The molecule has 0 saturated carbocycles. The van der Waals surface area contributed by atoms with E-state index in [4.69, 9.17) is 4.74 Å². The number of hydrogen-bond donors (Lipinski definition) is 3. The zero-order valence-corrected chi connectivity index (χ0v) is 11.7. The van der Waals surface area contributed by atoms with Crippen molar-refractivity contribution in [2.45, 2.75) is 13.5 Å². The Hall–Kier alpha value is -2.60. The van der Waals surface area contributed by atoms with Crippen LogP contribution in [0, 0.1) is 6.92 Å². The number of aliphatic hydroxyl groups is 1. The van der Waals surface area contributed by atoms with Crippen LogP contribution in [0.1, 0.15) is 11.3 Å². The van der Waals surface area contributed by atoms with Gasteiger partial charge >= 0.3 is 0 Å². The van der Waals surface area contributed by atoms with Crippen LogP contribution in [0.3, 0.4) is 0 Å². The van der Waals surface area contributed by atoms with Crippen molar-refractivity contribution in [2.24, 2.45) is 0 Å². The van der Waals surface area contributed by atoms with E-state index < -0.39 is 0 Å². The molecular weight excluding hydrogens is 270 g/mol. The van der Waals surface area contributed by atoms with Crippen molar-refractivity contribution in [3.63, 3.8) is 0 Å². The number of benzene rings is 1. The number of aromatic nitrogens is 3. The second-order valence-electron chi connectivity index (χ2n) is 4.76. The first kappa shape index (κ1) is 13.4. The van der Waals surface area contributed by atoms with E-state index in [0.717, 1.165) is 22.2 Å². The highest BCUT2D eigenvalue weighted by Gasteiger charge is 2.13. The van der Waals surface area contributed by atoms with Gasteiger partial charge in [0, 0.05) is 16.6 Å². The maximum Gasteiger partial charge on any atom is 0.182 e. The summed E-state index contributed by atoms with van der Waals surface area (Å²) in [5.41, 5.74) is 3.63. The minimum absolute atomic E-state index is 0.0697. The number of ether oxygens (including phenoxy) is 1. The molecule has 3 aromatic rings. The second kappa shape index (κ2) is 5.06. The fourth-order valence-corrected chi connectivity index (χ4v) is 2.37. The standard InChI is InChI=1S/C15H15N3O3/c1-8-14-10(7-19)5-11(16-15(14)18-17-8)9-3-4-12(20)13(6-9)21-2/h3-6,19-20H,7H2,1-2H3,(H,16,17,18). The number of aromatic hydroxyl groups is 1. The van der Waals surface area contributed by atoms with E-state index in [1.807, 2.05) is 13.0 Å². The lowest BCUT2D eigenvalue weighted by atomic mass is 10.1. The second-order valence-corrected chi connectivity index (χ2v) is 4.76. The average molecular weight is 285 g/mol. The van der Waals surface area contributed by atoms with Crippen LogP contribution in [0.4, 0.5) is 0 Å². The first-order valence-electron chi connectivity index (χ1n) is 6.47. The Morgan fingerprint density at radius 3 is 2.81 bits per heavy atom. The van der Waals surface area contributed by atoms with Crippen LogP contribution in [-0.4, -0.2) is 32.5 Å². The number of aliphatic hydroxyl groups excluding tert-OH is 1. The van der Waals surface area contributed by atoms with E-state index in [1.165, 1.54) is 7.11 Å². The van der Waals surface area contributed by atoms with Crippen molar-refractivity contribution < 1.29 is 14.9 Å². The molecule has 0 fully saturated rings. The predicted octanol–water partition coefficient (Wildman–Crippen LogP) is 2.14. The van der Waals surface area contributed by atoms with Crippen LogP contribution in [-0.2, 0) is 6.61 Å². The SMILES string of the molecule is COc1cc(-c2cc(CO)c3c(C)[nH]nc3n2)ccc1O. The molecule has 0 bridgehead atoms. The molecule has 0 saturated heterocycles. The van der Waals surface area contributed by atoms with Gasteiger partial charge in [-0.3, -0.25) is 5.10 Å². The Morgan fingerprint density at radius 2 is 2.10 bits per heavy atom. The van der Waals surface area contributed by atoms with Crippen LogP contribution in [0.15, 0.2) is 24.3 Å². The summed E-state index contributed by atoms with van der Waals surface area (Å²) in [6.45, 7) is 1.79. The van der Waals surface area contributed by atoms with E-state index in [1.54, 1.807) is 18.2 Å². The largest absolute Gasteiger partial charge is 0.504 e. The Morgan fingerprint density at radius 1 is 1.29 bits per heavy atom. The van der Waals surface area contributed by atoms with Gasteiger partial charge in [0.15, 0.2) is 17.1 Å². The number of hydrogen-bond acceptors (Lipinski definition) is 5. The van der Waals surface area contributed by atoms with E-state index >= 15 is 0 Å². The minimum atomic E-state index is -0.0956. The van der Waals surface area contributed by atoms with Gasteiger partial charge < -0.3 is 14.9 Å². The molecule has 2 heterocycles. The summed E-state index contributed by atoms with van der Waals surface area (Å²) in [6, 6.07) is 6.81. The number of nitrogens with zero attached hydrogens (tertiary/aromatic N) is 2. The topological polar surface area (TPSA) is 91.3 Å². The fourth-order valence-electron chi connectivity index (χ4n) is 2.37. The van der Waals surface area contributed by atoms with Gasteiger partial charge in [-0.1, -0.05) is 0 Å². The molecule has 21 heavy (non-hydrogen) atoms. The molecule has 1 aromatic carbocycles. The van der Waals surface area contributed by atoms with Crippen LogP contribution in [0.2, 0.25) is 0 Å². The Labute approximate surface area is 121 Å². The number of rotatable bonds is 3. The van der Waals surface area contributed by atoms with Crippen molar-refractivity contribution in [3.05, 3.63) is 35.5 Å². The molecule has 3 N–H and O–H groups in total. The molecule has 0 aliphatic rings. The van der Waals surface area contributed by atoms with Gasteiger partial charge in [-0.15, -0.1) is 0 Å². The highest BCUT2D eigenvalue weighted by atomic mass is 16.5. The average Bonchev–Trinajstić information content (AvgIpc) is 2.88. The van der Waals surface area contributed by atoms with E-state index in [-0.39, 0.29) is 12.4 Å². The molecule has 2 aromatic heterocycles. The predicted molar refractivity (Wildman–Crippen MR) is 78.2 cm³/mol. The molecule has 0 unspecified atom stereocenters. The van der Waals surface area contributed by atoms with Crippen molar-refractivity contribution in [1.82, 2.24) is 15.2 Å². The van der Waals surface area contributed by atoms with Gasteiger partial charge in [0.05, 0.1) is 19.4 Å². The molecular formula is C15H15N3O3. The van der Waals surface area contributed by atoms with Crippen LogP contribution < -0.4 is 4.74 Å². The summed E-state index contributed by atoms with van der Waals surface area (Å²) < 4.78 is 5.11. The van der Waals surface area contributed by atoms with E-state index in [2.05, 4.69) is 15.2 Å². The number of pyridine rings is 1. The van der Waals surface area contributed by atoms with Crippen molar-refractivity contribution in [1.29, 1.82) is 0 Å². The van der Waals surface area contributed by atoms with Crippen LogP contribution in [0.5, 0.6) is 11.5 Å². The normalized spacial score (nSPS) is 11.0. The summed E-state index contributed by atoms with van der Waals surface area (Å²) in [5.74, 6) is 0.443. The summed E-state index contributed by atoms with van der Waals surface area (Å²) in [6.07, 6.45) is 0. The molecule has 0 atom stereocenters. The van der Waals surface area contributed by atoms with Crippen molar-refractivity contribution in [3.8, 4) is 22.8 Å². The number of nitrogens with one attached hydrogen (secondary N) is 1. The molecule has 3 rings (SSSR count). The number of aryl methyl sites for hydroxylation is 1. The Kier molecular flexibility index (Phi) is 3.23. The maximum absolute atomic E-state index is 9.65. The van der Waals surface area contributed by atoms with Gasteiger partial charge in [-0.2, -0.15) is 5.10 Å². The molecule has 108 valence electrons. The molecule has 6 nitrogen and oxygen atoms in total. The lowest BCUT2D eigenvalue weighted by Crippen LogP contribution is -1.93. The molecule has 0 amide bonds. The van der Waals surface area contributed by atoms with E-state index in [0.29, 0.717) is 17.1 Å². The Bertz CT molecular complexity index is 811. The lowest BCUT2D eigenvalue weighted by Gasteiger charge is -2.08.